The normalized spacial score (nSPS) is 12.6. The SMILES string of the molecule is CC(C)(C)CC[C@H](NC(=O)N[C@@H](CCC(=O)NCCCCCCCC(=O)N[C@@H](CCCCNC(=O)OC(C)(C)C)C(=O)N[C@@H](CCCCNC(=O)Cc1ccc(I)cc1)C(=O)C(=O)OC(C)(C)C)C(C)(C)C)C(C)(C)C.O=C=O.O=C=O.O=C=O. The number of ketones is 1. The van der Waals surface area contributed by atoms with Crippen molar-refractivity contribution in [2.75, 3.05) is 19.6 Å². The lowest BCUT2D eigenvalue weighted by Crippen LogP contribution is -2.53. The first-order valence-electron chi connectivity index (χ1n) is 29.0. The smallest absolute Gasteiger partial charge is 0.407 e. The van der Waals surface area contributed by atoms with E-state index in [4.69, 9.17) is 38.2 Å². The Labute approximate surface area is 517 Å². The molecule has 85 heavy (non-hydrogen) atoms. The van der Waals surface area contributed by atoms with Crippen molar-refractivity contribution in [3.63, 3.8) is 0 Å². The Balaban J connectivity index is -0.00000698. The van der Waals surface area contributed by atoms with Gasteiger partial charge in [-0.05, 0) is 169 Å². The molecule has 0 unspecified atom stereocenters. The standard InChI is InChI=1S/C58H100IN7O10.3CO2/c1-54(2,3)35-34-45(56(7,8)9)66-52(73)65-44(55(4,5)6)32-33-46(67)60-36-22-18-16-17-19-27-47(68)63-43(26-21-24-38-62-53(74)76-58(13,14)15)50(71)64-42(49(70)51(72)75-57(10,11)12)25-20-23-37-61-48(69)39-40-28-30-41(59)31-29-40;3*2-1-3/h28-31,42-45H,16-27,32-39H2,1-15H3,(H,60,67)(H,61,69)(H,62,74)(H,63,68)(H,64,71)(H2,65,66,73);;;/t42-,43-,44-,45-;;;/m0.../s1. The van der Waals surface area contributed by atoms with Gasteiger partial charge in [0.15, 0.2) is 0 Å². The summed E-state index contributed by atoms with van der Waals surface area (Å²) < 4.78 is 11.7. The number of ether oxygens (including phenoxy) is 2. The van der Waals surface area contributed by atoms with Crippen LogP contribution >= 0.6 is 22.6 Å². The van der Waals surface area contributed by atoms with Crippen LogP contribution in [0.3, 0.4) is 0 Å². The average Bonchev–Trinajstić information content (AvgIpc) is 3.48. The zero-order chi connectivity index (χ0) is 66.0. The molecule has 7 N–H and O–H groups in total. The monoisotopic (exact) mass is 1310 g/mol. The summed E-state index contributed by atoms with van der Waals surface area (Å²) in [7, 11) is 0. The highest BCUT2D eigenvalue weighted by Crippen LogP contribution is 2.29. The van der Waals surface area contributed by atoms with E-state index in [0.717, 1.165) is 47.7 Å². The number of esters is 1. The molecule has 0 fully saturated rings. The maximum Gasteiger partial charge on any atom is 0.407 e. The van der Waals surface area contributed by atoms with E-state index in [2.05, 4.69) is 122 Å². The summed E-state index contributed by atoms with van der Waals surface area (Å²) in [6.07, 6.45) is 8.99. The van der Waals surface area contributed by atoms with Crippen molar-refractivity contribution >= 4 is 88.6 Å². The third-order valence-corrected chi connectivity index (χ3v) is 13.2. The lowest BCUT2D eigenvalue weighted by atomic mass is 9.79. The fraction of sp³-hybridized carbons (Fsp3) is 0.721. The molecule has 1 aromatic rings. The molecule has 1 rings (SSSR count). The van der Waals surface area contributed by atoms with Crippen LogP contribution in [0.25, 0.3) is 0 Å². The summed E-state index contributed by atoms with van der Waals surface area (Å²) in [4.78, 5) is 154. The Morgan fingerprint density at radius 2 is 0.906 bits per heavy atom. The zero-order valence-electron chi connectivity index (χ0n) is 53.2. The third kappa shape index (κ3) is 48.6. The van der Waals surface area contributed by atoms with Crippen LogP contribution in [-0.2, 0) is 73.4 Å². The molecule has 24 heteroatoms. The molecule has 482 valence electrons. The molecular weight excluding hydrogens is 1210 g/mol. The molecule has 0 bridgehead atoms. The summed E-state index contributed by atoms with van der Waals surface area (Å²) in [6, 6.07) is 4.95. The number of hydrogen-bond acceptors (Lipinski definition) is 16. The lowest BCUT2D eigenvalue weighted by Gasteiger charge is -2.36. The molecule has 7 amide bonds. The quantitative estimate of drug-likeness (QED) is 0.0155. The minimum absolute atomic E-state index is 0.000712. The van der Waals surface area contributed by atoms with E-state index in [-0.39, 0.29) is 109 Å². The number of Topliss-reactive ketones (excluding diaryl/α,β-unsaturated/α-hetero) is 1. The van der Waals surface area contributed by atoms with Gasteiger partial charge in [0.05, 0.1) is 12.5 Å². The van der Waals surface area contributed by atoms with E-state index < -0.39 is 47.0 Å². The van der Waals surface area contributed by atoms with Gasteiger partial charge in [0.1, 0.15) is 17.2 Å². The molecule has 0 aliphatic heterocycles. The molecule has 0 radical (unpaired) electrons. The van der Waals surface area contributed by atoms with Gasteiger partial charge in [0.25, 0.3) is 5.78 Å². The predicted molar refractivity (Wildman–Crippen MR) is 324 cm³/mol. The number of unbranched alkanes of at least 4 members (excludes halogenated alkanes) is 6. The second-order valence-electron chi connectivity index (χ2n) is 25.8. The van der Waals surface area contributed by atoms with Gasteiger partial charge in [-0.1, -0.05) is 93.7 Å². The molecular formula is C61H100IN7O16. The largest absolute Gasteiger partial charge is 0.454 e. The predicted octanol–water partition coefficient (Wildman–Crippen LogP) is 8.14. The highest BCUT2D eigenvalue weighted by atomic mass is 127. The van der Waals surface area contributed by atoms with Crippen LogP contribution in [0.4, 0.5) is 9.59 Å². The number of benzene rings is 1. The van der Waals surface area contributed by atoms with Crippen molar-refractivity contribution in [2.45, 2.75) is 248 Å². The summed E-state index contributed by atoms with van der Waals surface area (Å²) >= 11 is 2.20. The van der Waals surface area contributed by atoms with Gasteiger partial charge in [0.2, 0.25) is 23.6 Å². The number of carbonyl (C=O) groups is 8. The number of hydrogen-bond donors (Lipinski definition) is 7. The van der Waals surface area contributed by atoms with Crippen LogP contribution in [0, 0.1) is 19.8 Å². The first-order chi connectivity index (χ1) is 39.3. The number of urea groups is 1. The van der Waals surface area contributed by atoms with Crippen LogP contribution in [0.1, 0.15) is 212 Å². The summed E-state index contributed by atoms with van der Waals surface area (Å²) in [5, 5.41) is 20.6. The van der Waals surface area contributed by atoms with Gasteiger partial charge < -0.3 is 46.7 Å². The second kappa shape index (κ2) is 44.2. The molecule has 0 aliphatic carbocycles. The van der Waals surface area contributed by atoms with E-state index >= 15 is 0 Å². The van der Waals surface area contributed by atoms with Crippen LogP contribution in [0.5, 0.6) is 0 Å². The summed E-state index contributed by atoms with van der Waals surface area (Å²) in [6.45, 7) is 30.5. The van der Waals surface area contributed by atoms with Gasteiger partial charge >= 0.3 is 36.5 Å². The fourth-order valence-electron chi connectivity index (χ4n) is 7.99. The van der Waals surface area contributed by atoms with E-state index in [9.17, 15) is 38.4 Å². The van der Waals surface area contributed by atoms with Gasteiger partial charge in [-0.15, -0.1) is 0 Å². The Morgan fingerprint density at radius 3 is 1.39 bits per heavy atom. The molecule has 0 saturated carbocycles. The van der Waals surface area contributed by atoms with E-state index in [1.807, 2.05) is 24.3 Å². The van der Waals surface area contributed by atoms with Crippen molar-refractivity contribution in [1.82, 2.24) is 37.2 Å². The van der Waals surface area contributed by atoms with Crippen molar-refractivity contribution < 1.29 is 76.6 Å². The number of halogens is 1. The topological polar surface area (TPSA) is 342 Å². The van der Waals surface area contributed by atoms with Gasteiger partial charge in [-0.3, -0.25) is 24.0 Å². The average molecular weight is 1310 g/mol. The maximum atomic E-state index is 14.0. The molecule has 1 aromatic carbocycles. The lowest BCUT2D eigenvalue weighted by molar-refractivity contribution is -0.193. The van der Waals surface area contributed by atoms with Crippen LogP contribution < -0.4 is 37.2 Å². The first-order valence-corrected chi connectivity index (χ1v) is 30.0. The van der Waals surface area contributed by atoms with Crippen molar-refractivity contribution in [3.8, 4) is 0 Å². The molecule has 0 aliphatic rings. The Morgan fingerprint density at radius 1 is 0.471 bits per heavy atom. The van der Waals surface area contributed by atoms with Crippen LogP contribution in [0.15, 0.2) is 24.3 Å². The van der Waals surface area contributed by atoms with Crippen LogP contribution in [-0.4, -0.2) is 121 Å². The van der Waals surface area contributed by atoms with Crippen molar-refractivity contribution in [2.24, 2.45) is 16.2 Å². The number of rotatable bonds is 32. The van der Waals surface area contributed by atoms with E-state index in [0.29, 0.717) is 51.6 Å². The Kier molecular flexibility index (Phi) is 43.0. The fourth-order valence-corrected chi connectivity index (χ4v) is 8.35. The minimum Gasteiger partial charge on any atom is -0.454 e. The molecule has 0 saturated heterocycles. The number of carbonyl (C=O) groups excluding carboxylic acids is 14. The van der Waals surface area contributed by atoms with Gasteiger partial charge in [-0.25, -0.2) is 14.4 Å². The van der Waals surface area contributed by atoms with Gasteiger partial charge in [-0.2, -0.15) is 28.8 Å². The van der Waals surface area contributed by atoms with E-state index in [1.54, 1.807) is 41.5 Å². The number of alkyl carbamates (subject to hydrolysis) is 1. The van der Waals surface area contributed by atoms with E-state index in [1.165, 1.54) is 0 Å². The molecule has 0 spiro atoms. The molecule has 23 nitrogen and oxygen atoms in total. The Hall–Kier alpha value is -6.35. The number of amides is 7. The van der Waals surface area contributed by atoms with Crippen molar-refractivity contribution in [1.29, 1.82) is 0 Å². The summed E-state index contributed by atoms with van der Waals surface area (Å²) in [5.41, 5.74) is -0.956. The van der Waals surface area contributed by atoms with Crippen LogP contribution in [0.2, 0.25) is 0 Å². The minimum atomic E-state index is -1.24. The third-order valence-electron chi connectivity index (χ3n) is 12.4. The highest BCUT2D eigenvalue weighted by Gasteiger charge is 2.34. The number of nitrogens with one attached hydrogen (secondary N) is 7. The molecule has 4 atom stereocenters. The summed E-state index contributed by atoms with van der Waals surface area (Å²) in [5.74, 6) is -3.20. The Bertz CT molecular complexity index is 2250. The maximum absolute atomic E-state index is 14.0. The zero-order valence-corrected chi connectivity index (χ0v) is 55.3. The second-order valence-corrected chi connectivity index (χ2v) is 27.1. The molecule has 0 heterocycles. The first kappa shape index (κ1) is 82.9. The van der Waals surface area contributed by atoms with Gasteiger partial charge in [0, 0.05) is 48.1 Å². The van der Waals surface area contributed by atoms with Crippen molar-refractivity contribution in [3.05, 3.63) is 33.4 Å². The molecule has 0 aromatic heterocycles. The highest BCUT2D eigenvalue weighted by molar-refractivity contribution is 14.1.